The van der Waals surface area contributed by atoms with E-state index in [4.69, 9.17) is 8.85 Å². The Balaban J connectivity index is 1.79. The third-order valence-corrected chi connectivity index (χ3v) is 5.89. The quantitative estimate of drug-likeness (QED) is 0.519. The molecule has 2 aliphatic rings. The van der Waals surface area contributed by atoms with Gasteiger partial charge in [-0.1, -0.05) is 25.8 Å². The average Bonchev–Trinajstić information content (AvgIpc) is 2.76. The van der Waals surface area contributed by atoms with Crippen LogP contribution in [0.2, 0.25) is 0 Å². The molecule has 0 bridgehead atoms. The van der Waals surface area contributed by atoms with Crippen LogP contribution in [0.25, 0.3) is 0 Å². The zero-order valence-corrected chi connectivity index (χ0v) is 12.6. The molecule has 0 N–H and O–H groups in total. The summed E-state index contributed by atoms with van der Waals surface area (Å²) in [7, 11) is -1.18. The highest BCUT2D eigenvalue weighted by molar-refractivity contribution is 6.54. The Labute approximate surface area is 113 Å². The monoisotopic (exact) mass is 266 g/mol. The fourth-order valence-corrected chi connectivity index (χ4v) is 4.30. The number of hydrogen-bond acceptors (Lipinski definition) is 2. The summed E-state index contributed by atoms with van der Waals surface area (Å²) in [4.78, 5) is 0. The zero-order valence-electron chi connectivity index (χ0n) is 11.6. The standard InChI is InChI=1S/C15H26O2Si/c1-3-16-18(12-14-7-4-5-8-14)17-11-13(2)15-9-6-10-15/h12,14-15H,2-11H2,1H3. The normalized spacial score (nSPS) is 21.7. The van der Waals surface area contributed by atoms with E-state index in [9.17, 15) is 0 Å². The van der Waals surface area contributed by atoms with Crippen LogP contribution in [-0.2, 0) is 8.85 Å². The smallest absolute Gasteiger partial charge is 0.476 e. The minimum atomic E-state index is -1.18. The van der Waals surface area contributed by atoms with Gasteiger partial charge < -0.3 is 8.85 Å². The zero-order chi connectivity index (χ0) is 12.8. The van der Waals surface area contributed by atoms with E-state index in [2.05, 4.69) is 19.2 Å². The Morgan fingerprint density at radius 1 is 1.17 bits per heavy atom. The first-order valence-electron chi connectivity index (χ1n) is 7.44. The van der Waals surface area contributed by atoms with Crippen molar-refractivity contribution in [3.8, 4) is 0 Å². The van der Waals surface area contributed by atoms with Gasteiger partial charge in [0.25, 0.3) is 0 Å². The van der Waals surface area contributed by atoms with E-state index >= 15 is 0 Å². The summed E-state index contributed by atoms with van der Waals surface area (Å²) in [6.45, 7) is 7.68. The summed E-state index contributed by atoms with van der Waals surface area (Å²) in [5.41, 5.74) is 3.65. The first kappa shape index (κ1) is 13.8. The first-order chi connectivity index (χ1) is 8.79. The van der Waals surface area contributed by atoms with Crippen LogP contribution in [0.15, 0.2) is 12.2 Å². The van der Waals surface area contributed by atoms with Crippen LogP contribution in [0, 0.1) is 11.8 Å². The SMILES string of the molecule is C=C(CO[Si](=CC1CCCC1)OCC)C1CCC1. The Morgan fingerprint density at radius 2 is 1.89 bits per heavy atom. The van der Waals surface area contributed by atoms with Crippen LogP contribution < -0.4 is 0 Å². The molecule has 2 rings (SSSR count). The molecule has 0 aliphatic heterocycles. The summed E-state index contributed by atoms with van der Waals surface area (Å²) in [6.07, 6.45) is 9.38. The van der Waals surface area contributed by atoms with Gasteiger partial charge in [-0.2, -0.15) is 0 Å². The molecular weight excluding hydrogens is 240 g/mol. The van der Waals surface area contributed by atoms with Gasteiger partial charge in [0.15, 0.2) is 0 Å². The fourth-order valence-electron chi connectivity index (χ4n) is 2.69. The molecule has 2 saturated carbocycles. The van der Waals surface area contributed by atoms with Gasteiger partial charge in [-0.15, -0.1) is 0 Å². The largest absolute Gasteiger partial charge is 0.524 e. The molecule has 18 heavy (non-hydrogen) atoms. The van der Waals surface area contributed by atoms with Crippen molar-refractivity contribution in [3.63, 3.8) is 0 Å². The first-order valence-corrected chi connectivity index (χ1v) is 8.84. The van der Waals surface area contributed by atoms with Gasteiger partial charge in [-0.25, -0.2) is 0 Å². The molecule has 0 heterocycles. The number of hydrogen-bond donors (Lipinski definition) is 0. The molecule has 0 atom stereocenters. The van der Waals surface area contributed by atoms with Crippen molar-refractivity contribution in [3.05, 3.63) is 12.2 Å². The van der Waals surface area contributed by atoms with Crippen LogP contribution in [0.5, 0.6) is 0 Å². The van der Waals surface area contributed by atoms with Crippen molar-refractivity contribution >= 4 is 14.6 Å². The van der Waals surface area contributed by atoms with E-state index in [0.717, 1.165) is 18.4 Å². The predicted octanol–water partition coefficient (Wildman–Crippen LogP) is 3.46. The Morgan fingerprint density at radius 3 is 2.44 bits per heavy atom. The molecular formula is C15H26O2Si. The van der Waals surface area contributed by atoms with E-state index in [1.165, 1.54) is 50.5 Å². The lowest BCUT2D eigenvalue weighted by Gasteiger charge is -2.27. The molecule has 0 unspecified atom stereocenters. The van der Waals surface area contributed by atoms with E-state index in [1.807, 2.05) is 0 Å². The maximum atomic E-state index is 5.99. The Hall–Kier alpha value is -0.573. The van der Waals surface area contributed by atoms with Gasteiger partial charge in [0, 0.05) is 0 Å². The molecule has 0 radical (unpaired) electrons. The average molecular weight is 266 g/mol. The molecule has 2 nitrogen and oxygen atoms in total. The van der Waals surface area contributed by atoms with Crippen LogP contribution in [0.4, 0.5) is 0 Å². The molecule has 0 aromatic rings. The Bertz CT molecular complexity index is 302. The van der Waals surface area contributed by atoms with Gasteiger partial charge in [-0.05, 0) is 55.7 Å². The van der Waals surface area contributed by atoms with Crippen LogP contribution in [0.3, 0.4) is 0 Å². The highest BCUT2D eigenvalue weighted by Crippen LogP contribution is 2.32. The second kappa shape index (κ2) is 7.12. The molecule has 0 spiro atoms. The van der Waals surface area contributed by atoms with Crippen molar-refractivity contribution in [2.75, 3.05) is 13.2 Å². The van der Waals surface area contributed by atoms with E-state index in [1.54, 1.807) is 0 Å². The van der Waals surface area contributed by atoms with Crippen LogP contribution in [-0.4, -0.2) is 27.8 Å². The molecule has 0 saturated heterocycles. The lowest BCUT2D eigenvalue weighted by atomic mass is 9.80. The third kappa shape index (κ3) is 3.97. The van der Waals surface area contributed by atoms with Crippen LogP contribution in [0.1, 0.15) is 51.9 Å². The summed E-state index contributed by atoms with van der Waals surface area (Å²) in [5.74, 6) is 1.46. The molecule has 0 aromatic heterocycles. The van der Waals surface area contributed by atoms with Crippen molar-refractivity contribution in [2.45, 2.75) is 51.9 Å². The molecule has 0 amide bonds. The second-order valence-corrected chi connectivity index (χ2v) is 7.09. The topological polar surface area (TPSA) is 18.5 Å². The van der Waals surface area contributed by atoms with Gasteiger partial charge in [0.1, 0.15) is 0 Å². The second-order valence-electron chi connectivity index (χ2n) is 5.54. The van der Waals surface area contributed by atoms with Crippen molar-refractivity contribution in [2.24, 2.45) is 11.8 Å². The summed E-state index contributed by atoms with van der Waals surface area (Å²) >= 11 is 0. The van der Waals surface area contributed by atoms with Crippen molar-refractivity contribution < 1.29 is 8.85 Å². The minimum Gasteiger partial charge on any atom is -0.524 e. The highest BCUT2D eigenvalue weighted by atomic mass is 28.3. The van der Waals surface area contributed by atoms with E-state index in [0.29, 0.717) is 6.61 Å². The van der Waals surface area contributed by atoms with E-state index < -0.39 is 8.90 Å². The Kier molecular flexibility index (Phi) is 5.48. The third-order valence-electron chi connectivity index (χ3n) is 4.14. The summed E-state index contributed by atoms with van der Waals surface area (Å²) in [5, 5.41) is 0. The summed E-state index contributed by atoms with van der Waals surface area (Å²) < 4.78 is 11.8. The van der Waals surface area contributed by atoms with Crippen molar-refractivity contribution in [1.29, 1.82) is 0 Å². The van der Waals surface area contributed by atoms with E-state index in [-0.39, 0.29) is 0 Å². The maximum absolute atomic E-state index is 5.99. The molecule has 2 aliphatic carbocycles. The molecule has 0 aromatic carbocycles. The lowest BCUT2D eigenvalue weighted by Crippen LogP contribution is -2.23. The summed E-state index contributed by atoms with van der Waals surface area (Å²) in [6, 6.07) is 0. The van der Waals surface area contributed by atoms with Crippen LogP contribution >= 0.6 is 0 Å². The highest BCUT2D eigenvalue weighted by Gasteiger charge is 2.21. The fraction of sp³-hybridized carbons (Fsp3) is 0.800. The van der Waals surface area contributed by atoms with Gasteiger partial charge in [-0.3, -0.25) is 0 Å². The molecule has 2 fully saturated rings. The van der Waals surface area contributed by atoms with Gasteiger partial charge in [0.2, 0.25) is 0 Å². The molecule has 3 heteroatoms. The van der Waals surface area contributed by atoms with Gasteiger partial charge >= 0.3 is 8.90 Å². The minimum absolute atomic E-state index is 0.710. The molecule has 102 valence electrons. The number of rotatable bonds is 7. The lowest BCUT2D eigenvalue weighted by molar-refractivity contribution is 0.225. The maximum Gasteiger partial charge on any atom is 0.476 e. The predicted molar refractivity (Wildman–Crippen MR) is 77.8 cm³/mol. The van der Waals surface area contributed by atoms with Gasteiger partial charge in [0.05, 0.1) is 13.2 Å². The van der Waals surface area contributed by atoms with Crippen molar-refractivity contribution in [1.82, 2.24) is 0 Å².